The lowest BCUT2D eigenvalue weighted by atomic mass is 10.2. The van der Waals surface area contributed by atoms with Gasteiger partial charge in [0.1, 0.15) is 5.75 Å². The van der Waals surface area contributed by atoms with E-state index in [1.807, 2.05) is 6.92 Å². The number of hydrogen-bond donors (Lipinski definition) is 3. The molecule has 8 heteroatoms. The Kier molecular flexibility index (Phi) is 8.02. The van der Waals surface area contributed by atoms with Gasteiger partial charge < -0.3 is 20.7 Å². The number of aromatic nitrogens is 1. The molecule has 1 aromatic carbocycles. The van der Waals surface area contributed by atoms with Gasteiger partial charge >= 0.3 is 6.03 Å². The van der Waals surface area contributed by atoms with Crippen LogP contribution in [0.1, 0.15) is 25.3 Å². The van der Waals surface area contributed by atoms with Gasteiger partial charge in [-0.15, -0.1) is 0 Å². The third-order valence-corrected chi connectivity index (χ3v) is 3.52. The third-order valence-electron chi connectivity index (χ3n) is 3.52. The van der Waals surface area contributed by atoms with Gasteiger partial charge in [0.25, 0.3) is 0 Å². The van der Waals surface area contributed by atoms with Crippen LogP contribution in [0.5, 0.6) is 11.5 Å². The zero-order chi connectivity index (χ0) is 19.5. The average molecular weight is 374 g/mol. The highest BCUT2D eigenvalue weighted by Gasteiger charge is 2.08. The number of urea groups is 1. The lowest BCUT2D eigenvalue weighted by molar-refractivity contribution is -0.120. The van der Waals surface area contributed by atoms with Crippen LogP contribution >= 0.6 is 0 Å². The highest BCUT2D eigenvalue weighted by atomic mass is 19.1. The first-order valence-electron chi connectivity index (χ1n) is 8.73. The zero-order valence-electron chi connectivity index (χ0n) is 15.1. The average Bonchev–Trinajstić information content (AvgIpc) is 2.67. The van der Waals surface area contributed by atoms with Crippen molar-refractivity contribution in [2.24, 2.45) is 0 Å². The van der Waals surface area contributed by atoms with Gasteiger partial charge in [-0.1, -0.05) is 13.0 Å². The monoisotopic (exact) mass is 374 g/mol. The summed E-state index contributed by atoms with van der Waals surface area (Å²) < 4.78 is 19.6. The largest absolute Gasteiger partial charge is 0.453 e. The van der Waals surface area contributed by atoms with Crippen molar-refractivity contribution in [3.05, 3.63) is 54.1 Å². The van der Waals surface area contributed by atoms with Gasteiger partial charge in [0.05, 0.1) is 6.20 Å². The van der Waals surface area contributed by atoms with Crippen molar-refractivity contribution in [3.63, 3.8) is 0 Å². The number of carbonyl (C=O) groups excluding carboxylic acids is 2. The first-order chi connectivity index (χ1) is 13.1. The molecule has 0 saturated heterocycles. The van der Waals surface area contributed by atoms with Crippen molar-refractivity contribution >= 4 is 11.9 Å². The Morgan fingerprint density at radius 3 is 2.70 bits per heavy atom. The van der Waals surface area contributed by atoms with Crippen LogP contribution in [0.25, 0.3) is 0 Å². The summed E-state index contributed by atoms with van der Waals surface area (Å²) in [5.41, 5.74) is 0.585. The molecular weight excluding hydrogens is 351 g/mol. The lowest BCUT2D eigenvalue weighted by Gasteiger charge is -2.10. The van der Waals surface area contributed by atoms with Crippen LogP contribution in [-0.4, -0.2) is 30.0 Å². The van der Waals surface area contributed by atoms with Gasteiger partial charge in [-0.25, -0.2) is 9.18 Å². The predicted molar refractivity (Wildman–Crippen MR) is 98.9 cm³/mol. The van der Waals surface area contributed by atoms with Crippen LogP contribution in [0.3, 0.4) is 0 Å². The first-order valence-corrected chi connectivity index (χ1v) is 8.73. The molecule has 144 valence electrons. The summed E-state index contributed by atoms with van der Waals surface area (Å²) in [6.45, 7) is 2.97. The quantitative estimate of drug-likeness (QED) is 0.629. The Bertz CT molecular complexity index is 756. The molecule has 3 N–H and O–H groups in total. The van der Waals surface area contributed by atoms with Crippen LogP contribution in [0.15, 0.2) is 42.7 Å². The van der Waals surface area contributed by atoms with Gasteiger partial charge in [-0.2, -0.15) is 0 Å². The Labute approximate surface area is 157 Å². The van der Waals surface area contributed by atoms with Gasteiger partial charge in [0.15, 0.2) is 11.6 Å². The zero-order valence-corrected chi connectivity index (χ0v) is 15.1. The molecule has 3 amide bonds. The van der Waals surface area contributed by atoms with Gasteiger partial charge in [-0.05, 0) is 36.2 Å². The standard InChI is InChI=1S/C19H23FN4O3/c1-2-8-22-18(25)7-10-23-19(26)24-12-14-5-6-17(16(20)11-14)27-15-4-3-9-21-13-15/h3-6,9,11,13H,2,7-8,10,12H2,1H3,(H,22,25)(H2,23,24,26). The van der Waals surface area contributed by atoms with E-state index in [0.717, 1.165) is 6.42 Å². The van der Waals surface area contributed by atoms with E-state index in [0.29, 0.717) is 17.9 Å². The number of nitrogens with zero attached hydrogens (tertiary/aromatic N) is 1. The van der Waals surface area contributed by atoms with Crippen LogP contribution in [0, 0.1) is 5.82 Å². The van der Waals surface area contributed by atoms with Gasteiger partial charge in [-0.3, -0.25) is 9.78 Å². The minimum Gasteiger partial charge on any atom is -0.453 e. The normalized spacial score (nSPS) is 10.1. The molecule has 0 aliphatic rings. The van der Waals surface area contributed by atoms with Crippen LogP contribution in [0.2, 0.25) is 0 Å². The number of rotatable bonds is 9. The van der Waals surface area contributed by atoms with Crippen molar-refractivity contribution in [1.82, 2.24) is 20.9 Å². The SMILES string of the molecule is CCCNC(=O)CCNC(=O)NCc1ccc(Oc2cccnc2)c(F)c1. The smallest absolute Gasteiger partial charge is 0.315 e. The maximum atomic E-state index is 14.1. The van der Waals surface area contributed by atoms with E-state index >= 15 is 0 Å². The third kappa shape index (κ3) is 7.31. The highest BCUT2D eigenvalue weighted by Crippen LogP contribution is 2.24. The maximum Gasteiger partial charge on any atom is 0.315 e. The van der Waals surface area contributed by atoms with Crippen molar-refractivity contribution < 1.29 is 18.7 Å². The number of nitrogens with one attached hydrogen (secondary N) is 3. The summed E-state index contributed by atoms with van der Waals surface area (Å²) >= 11 is 0. The summed E-state index contributed by atoms with van der Waals surface area (Å²) in [6, 6.07) is 7.40. The van der Waals surface area contributed by atoms with E-state index in [4.69, 9.17) is 4.74 Å². The molecule has 1 heterocycles. The topological polar surface area (TPSA) is 92.4 Å². The van der Waals surface area contributed by atoms with E-state index in [2.05, 4.69) is 20.9 Å². The summed E-state index contributed by atoms with van der Waals surface area (Å²) in [6.07, 6.45) is 4.16. The molecule has 2 aromatic rings. The molecule has 0 aliphatic heterocycles. The van der Waals surface area contributed by atoms with Gasteiger partial charge in [0, 0.05) is 32.3 Å². The second-order valence-corrected chi connectivity index (χ2v) is 5.76. The molecule has 0 atom stereocenters. The molecule has 0 fully saturated rings. The van der Waals surface area contributed by atoms with E-state index < -0.39 is 11.8 Å². The number of benzene rings is 1. The van der Waals surface area contributed by atoms with Crippen molar-refractivity contribution in [3.8, 4) is 11.5 Å². The van der Waals surface area contributed by atoms with Gasteiger partial charge in [0.2, 0.25) is 5.91 Å². The fraction of sp³-hybridized carbons (Fsp3) is 0.316. The molecular formula is C19H23FN4O3. The fourth-order valence-corrected chi connectivity index (χ4v) is 2.16. The highest BCUT2D eigenvalue weighted by molar-refractivity contribution is 5.78. The van der Waals surface area contributed by atoms with E-state index in [1.165, 1.54) is 18.3 Å². The fourth-order valence-electron chi connectivity index (χ4n) is 2.16. The summed E-state index contributed by atoms with van der Waals surface area (Å²) in [7, 11) is 0. The van der Waals surface area contributed by atoms with Crippen molar-refractivity contribution in [1.29, 1.82) is 0 Å². The molecule has 0 radical (unpaired) electrons. The molecule has 1 aromatic heterocycles. The second kappa shape index (κ2) is 10.7. The number of hydrogen-bond acceptors (Lipinski definition) is 4. The molecule has 27 heavy (non-hydrogen) atoms. The van der Waals surface area contributed by atoms with E-state index in [9.17, 15) is 14.0 Å². The first kappa shape index (κ1) is 20.2. The number of amides is 3. The predicted octanol–water partition coefficient (Wildman–Crippen LogP) is 2.73. The molecule has 0 spiro atoms. The van der Waals surface area contributed by atoms with Crippen LogP contribution in [-0.2, 0) is 11.3 Å². The van der Waals surface area contributed by atoms with E-state index in [1.54, 1.807) is 24.4 Å². The summed E-state index contributed by atoms with van der Waals surface area (Å²) in [4.78, 5) is 27.0. The lowest BCUT2D eigenvalue weighted by Crippen LogP contribution is -2.37. The molecule has 0 saturated carbocycles. The van der Waals surface area contributed by atoms with E-state index in [-0.39, 0.29) is 31.2 Å². The Morgan fingerprint density at radius 2 is 2.00 bits per heavy atom. The Hall–Kier alpha value is -3.16. The second-order valence-electron chi connectivity index (χ2n) is 5.76. The molecule has 0 unspecified atom stereocenters. The van der Waals surface area contributed by atoms with Crippen molar-refractivity contribution in [2.45, 2.75) is 26.3 Å². The minimum atomic E-state index is -0.536. The minimum absolute atomic E-state index is 0.0780. The number of ether oxygens (including phenoxy) is 1. The number of pyridine rings is 1. The van der Waals surface area contributed by atoms with Crippen molar-refractivity contribution in [2.75, 3.05) is 13.1 Å². The Morgan fingerprint density at radius 1 is 1.15 bits per heavy atom. The molecule has 0 bridgehead atoms. The number of halogens is 1. The molecule has 7 nitrogen and oxygen atoms in total. The molecule has 2 rings (SSSR count). The Balaban J connectivity index is 1.75. The maximum absolute atomic E-state index is 14.1. The molecule has 0 aliphatic carbocycles. The van der Waals surface area contributed by atoms with Crippen LogP contribution < -0.4 is 20.7 Å². The number of carbonyl (C=O) groups is 2. The van der Waals surface area contributed by atoms with Crippen LogP contribution in [0.4, 0.5) is 9.18 Å². The summed E-state index contributed by atoms with van der Waals surface area (Å²) in [5, 5.41) is 7.92. The summed E-state index contributed by atoms with van der Waals surface area (Å²) in [5.74, 6) is -0.131.